The van der Waals surface area contributed by atoms with Crippen molar-refractivity contribution in [1.29, 1.82) is 5.26 Å². The molecular formula is C20H21N3O2. The van der Waals surface area contributed by atoms with E-state index in [9.17, 15) is 9.59 Å². The summed E-state index contributed by atoms with van der Waals surface area (Å²) in [4.78, 5) is 25.6. The number of anilines is 2. The van der Waals surface area contributed by atoms with Crippen molar-refractivity contribution in [1.82, 2.24) is 0 Å². The molecule has 0 spiro atoms. The smallest absolute Gasteiger partial charge is 0.226 e. The number of amides is 2. The maximum Gasteiger partial charge on any atom is 0.226 e. The molecular weight excluding hydrogens is 314 g/mol. The quantitative estimate of drug-likeness (QED) is 0.908. The monoisotopic (exact) mass is 335 g/mol. The number of carbonyl (C=O) groups excluding carboxylic acids is 2. The lowest BCUT2D eigenvalue weighted by atomic mass is 10.1. The van der Waals surface area contributed by atoms with Gasteiger partial charge in [0.15, 0.2) is 0 Å². The van der Waals surface area contributed by atoms with Crippen LogP contribution in [0.5, 0.6) is 0 Å². The Bertz CT molecular complexity index is 837. The summed E-state index contributed by atoms with van der Waals surface area (Å²) in [5.74, 6) is -0.330. The molecule has 0 atom stereocenters. The number of benzene rings is 2. The molecule has 0 unspecified atom stereocenters. The highest BCUT2D eigenvalue weighted by Gasteiger charge is 2.14. The number of hydrogen-bond acceptors (Lipinski definition) is 3. The van der Waals surface area contributed by atoms with Crippen molar-refractivity contribution in [2.45, 2.75) is 27.2 Å². The van der Waals surface area contributed by atoms with Crippen LogP contribution in [0.2, 0.25) is 0 Å². The summed E-state index contributed by atoms with van der Waals surface area (Å²) in [6, 6.07) is 14.7. The Balaban J connectivity index is 2.04. The van der Waals surface area contributed by atoms with Gasteiger partial charge in [0, 0.05) is 31.3 Å². The fraction of sp³-hybridized carbons (Fsp3) is 0.250. The summed E-state index contributed by atoms with van der Waals surface area (Å²) in [6.45, 7) is 5.64. The van der Waals surface area contributed by atoms with E-state index in [1.807, 2.05) is 32.0 Å². The predicted octanol–water partition coefficient (Wildman–Crippen LogP) is 3.56. The first-order chi connectivity index (χ1) is 11.9. The van der Waals surface area contributed by atoms with Gasteiger partial charge in [-0.1, -0.05) is 23.8 Å². The lowest BCUT2D eigenvalue weighted by Crippen LogP contribution is -2.32. The zero-order valence-electron chi connectivity index (χ0n) is 14.7. The molecule has 2 rings (SSSR count). The second kappa shape index (κ2) is 8.11. The lowest BCUT2D eigenvalue weighted by molar-refractivity contribution is -0.117. The van der Waals surface area contributed by atoms with Crippen LogP contribution in [0, 0.1) is 25.2 Å². The Kier molecular flexibility index (Phi) is 5.91. The van der Waals surface area contributed by atoms with Crippen LogP contribution in [0.3, 0.4) is 0 Å². The zero-order chi connectivity index (χ0) is 18.4. The summed E-state index contributed by atoms with van der Waals surface area (Å²) in [7, 11) is 0. The number of carbonyl (C=O) groups is 2. The van der Waals surface area contributed by atoms with Crippen LogP contribution in [-0.2, 0) is 9.59 Å². The Hall–Kier alpha value is -3.13. The minimum absolute atomic E-state index is 0.158. The average Bonchev–Trinajstić information content (AvgIpc) is 2.57. The van der Waals surface area contributed by atoms with Gasteiger partial charge in [0.1, 0.15) is 0 Å². The second-order valence-electron chi connectivity index (χ2n) is 5.95. The molecule has 2 amide bonds. The molecule has 0 saturated carbocycles. The van der Waals surface area contributed by atoms with Crippen molar-refractivity contribution in [3.05, 3.63) is 59.2 Å². The SMILES string of the molecule is CC(=O)N(CCC(=O)Nc1ccc(C)cc1C)c1cccc(C#N)c1. The van der Waals surface area contributed by atoms with E-state index in [0.717, 1.165) is 16.8 Å². The minimum atomic E-state index is -0.172. The number of nitrogens with one attached hydrogen (secondary N) is 1. The van der Waals surface area contributed by atoms with E-state index in [0.29, 0.717) is 11.3 Å². The molecule has 0 aromatic heterocycles. The first kappa shape index (κ1) is 18.2. The average molecular weight is 335 g/mol. The van der Waals surface area contributed by atoms with Crippen molar-refractivity contribution in [2.24, 2.45) is 0 Å². The molecule has 0 bridgehead atoms. The van der Waals surface area contributed by atoms with Gasteiger partial charge in [0.25, 0.3) is 0 Å². The maximum atomic E-state index is 12.2. The fourth-order valence-electron chi connectivity index (χ4n) is 2.59. The van der Waals surface area contributed by atoms with Crippen molar-refractivity contribution in [3.63, 3.8) is 0 Å². The standard InChI is InChI=1S/C20H21N3O2/c1-14-7-8-19(15(2)11-14)22-20(25)9-10-23(16(3)24)18-6-4-5-17(12-18)13-21/h4-8,11-12H,9-10H2,1-3H3,(H,22,25). The van der Waals surface area contributed by atoms with Crippen LogP contribution in [0.1, 0.15) is 30.0 Å². The molecule has 0 fully saturated rings. The number of aryl methyl sites for hydroxylation is 2. The van der Waals surface area contributed by atoms with Crippen molar-refractivity contribution < 1.29 is 9.59 Å². The predicted molar refractivity (Wildman–Crippen MR) is 98.3 cm³/mol. The van der Waals surface area contributed by atoms with Crippen LogP contribution in [0.4, 0.5) is 11.4 Å². The van der Waals surface area contributed by atoms with E-state index in [4.69, 9.17) is 5.26 Å². The van der Waals surface area contributed by atoms with Crippen molar-refractivity contribution in [2.75, 3.05) is 16.8 Å². The summed E-state index contributed by atoms with van der Waals surface area (Å²) < 4.78 is 0. The third-order valence-corrected chi connectivity index (χ3v) is 3.89. The highest BCUT2D eigenvalue weighted by Crippen LogP contribution is 2.18. The third kappa shape index (κ3) is 4.92. The van der Waals surface area contributed by atoms with Crippen molar-refractivity contribution >= 4 is 23.2 Å². The van der Waals surface area contributed by atoms with Gasteiger partial charge < -0.3 is 10.2 Å². The zero-order valence-corrected chi connectivity index (χ0v) is 14.7. The van der Waals surface area contributed by atoms with Gasteiger partial charge in [-0.2, -0.15) is 5.26 Å². The molecule has 0 radical (unpaired) electrons. The van der Waals surface area contributed by atoms with Crippen LogP contribution < -0.4 is 10.2 Å². The topological polar surface area (TPSA) is 73.2 Å². The number of hydrogen-bond donors (Lipinski definition) is 1. The number of nitrogens with zero attached hydrogens (tertiary/aromatic N) is 2. The van der Waals surface area contributed by atoms with E-state index in [2.05, 4.69) is 11.4 Å². The fourth-order valence-corrected chi connectivity index (χ4v) is 2.59. The summed E-state index contributed by atoms with van der Waals surface area (Å²) in [6.07, 6.45) is 0.170. The van der Waals surface area contributed by atoms with Crippen LogP contribution in [0.25, 0.3) is 0 Å². The Morgan fingerprint density at radius 3 is 2.56 bits per heavy atom. The molecule has 128 valence electrons. The molecule has 25 heavy (non-hydrogen) atoms. The van der Waals surface area contributed by atoms with Crippen molar-refractivity contribution in [3.8, 4) is 6.07 Å². The second-order valence-corrected chi connectivity index (χ2v) is 5.95. The summed E-state index contributed by atoms with van der Waals surface area (Å²) in [5, 5.41) is 11.9. The molecule has 1 N–H and O–H groups in total. The molecule has 2 aromatic carbocycles. The molecule has 0 heterocycles. The first-order valence-electron chi connectivity index (χ1n) is 8.06. The maximum absolute atomic E-state index is 12.2. The normalized spacial score (nSPS) is 10.0. The van der Waals surface area contributed by atoms with E-state index >= 15 is 0 Å². The van der Waals surface area contributed by atoms with Gasteiger partial charge in [-0.05, 0) is 43.7 Å². The van der Waals surface area contributed by atoms with E-state index in [-0.39, 0.29) is 24.8 Å². The summed E-state index contributed by atoms with van der Waals surface area (Å²) in [5.41, 5.74) is 4.00. The molecule has 2 aromatic rings. The first-order valence-corrected chi connectivity index (χ1v) is 8.06. The molecule has 0 aliphatic carbocycles. The lowest BCUT2D eigenvalue weighted by Gasteiger charge is -2.21. The van der Waals surface area contributed by atoms with Gasteiger partial charge in [-0.25, -0.2) is 0 Å². The van der Waals surface area contributed by atoms with Crippen LogP contribution in [-0.4, -0.2) is 18.4 Å². The molecule has 0 saturated heterocycles. The van der Waals surface area contributed by atoms with Gasteiger partial charge in [-0.15, -0.1) is 0 Å². The highest BCUT2D eigenvalue weighted by molar-refractivity contribution is 5.95. The van der Waals surface area contributed by atoms with E-state index in [1.165, 1.54) is 11.8 Å². The van der Waals surface area contributed by atoms with Gasteiger partial charge in [-0.3, -0.25) is 9.59 Å². The number of nitriles is 1. The van der Waals surface area contributed by atoms with E-state index < -0.39 is 0 Å². The van der Waals surface area contributed by atoms with E-state index in [1.54, 1.807) is 24.3 Å². The minimum Gasteiger partial charge on any atom is -0.326 e. The van der Waals surface area contributed by atoms with Gasteiger partial charge in [0.2, 0.25) is 11.8 Å². The van der Waals surface area contributed by atoms with Crippen LogP contribution >= 0.6 is 0 Å². The highest BCUT2D eigenvalue weighted by atomic mass is 16.2. The molecule has 0 aliphatic rings. The van der Waals surface area contributed by atoms with Crippen LogP contribution in [0.15, 0.2) is 42.5 Å². The summed E-state index contributed by atoms with van der Waals surface area (Å²) >= 11 is 0. The van der Waals surface area contributed by atoms with Gasteiger partial charge in [0.05, 0.1) is 11.6 Å². The third-order valence-electron chi connectivity index (χ3n) is 3.89. The molecule has 0 aliphatic heterocycles. The Labute approximate surface area is 147 Å². The molecule has 5 heteroatoms. The Morgan fingerprint density at radius 2 is 1.92 bits per heavy atom. The Morgan fingerprint density at radius 1 is 1.16 bits per heavy atom. The van der Waals surface area contributed by atoms with Gasteiger partial charge >= 0.3 is 0 Å². The largest absolute Gasteiger partial charge is 0.326 e. The number of rotatable bonds is 5. The molecule has 5 nitrogen and oxygen atoms in total.